The van der Waals surface area contributed by atoms with E-state index < -0.39 is 6.10 Å². The van der Waals surface area contributed by atoms with E-state index in [1.807, 2.05) is 36.2 Å². The second kappa shape index (κ2) is 7.92. The number of methoxy groups -OCH3 is 1. The van der Waals surface area contributed by atoms with Gasteiger partial charge < -0.3 is 14.7 Å². The Morgan fingerprint density at radius 1 is 1.14 bits per heavy atom. The molecule has 2 aromatic rings. The van der Waals surface area contributed by atoms with E-state index in [0.29, 0.717) is 12.1 Å². The highest BCUT2D eigenvalue weighted by Gasteiger charge is 2.14. The first-order chi connectivity index (χ1) is 10.6. The Kier molecular flexibility index (Phi) is 5.92. The molecule has 0 fully saturated rings. The monoisotopic (exact) mass is 303 g/mol. The maximum Gasteiger partial charge on any atom is 0.129 e. The molecule has 0 bridgehead atoms. The van der Waals surface area contributed by atoms with E-state index in [4.69, 9.17) is 4.74 Å². The number of halogens is 1. The van der Waals surface area contributed by atoms with Crippen LogP contribution in [-0.4, -0.2) is 37.3 Å². The first-order valence-electron chi connectivity index (χ1n) is 7.34. The Morgan fingerprint density at radius 2 is 1.82 bits per heavy atom. The second-order valence-electron chi connectivity index (χ2n) is 5.36. The molecular formula is C18H22FNO2. The number of likely N-dealkylation sites (N-methyl/N-ethyl adjacent to an activating group) is 1. The van der Waals surface area contributed by atoms with Gasteiger partial charge in [0.1, 0.15) is 11.6 Å². The molecule has 0 aliphatic rings. The van der Waals surface area contributed by atoms with Crippen LogP contribution in [0.25, 0.3) is 0 Å². The van der Waals surface area contributed by atoms with E-state index in [-0.39, 0.29) is 5.82 Å². The predicted molar refractivity (Wildman–Crippen MR) is 85.6 cm³/mol. The van der Waals surface area contributed by atoms with Crippen LogP contribution in [-0.2, 0) is 6.42 Å². The molecule has 2 rings (SSSR count). The molecule has 3 nitrogen and oxygen atoms in total. The van der Waals surface area contributed by atoms with Gasteiger partial charge in [-0.3, -0.25) is 0 Å². The van der Waals surface area contributed by atoms with Gasteiger partial charge >= 0.3 is 0 Å². The van der Waals surface area contributed by atoms with E-state index in [2.05, 4.69) is 0 Å². The van der Waals surface area contributed by atoms with Gasteiger partial charge in [0.15, 0.2) is 0 Å². The SMILES string of the molecule is COc1ccccc1CCN(C)CC(O)c1ccccc1F. The molecule has 0 saturated carbocycles. The van der Waals surface area contributed by atoms with Crippen molar-refractivity contribution in [1.82, 2.24) is 4.90 Å². The lowest BCUT2D eigenvalue weighted by Gasteiger charge is -2.21. The highest BCUT2D eigenvalue weighted by atomic mass is 19.1. The number of hydrogen-bond donors (Lipinski definition) is 1. The standard InChI is InChI=1S/C18H22FNO2/c1-20(12-11-14-7-3-6-10-18(14)22-2)13-17(21)15-8-4-5-9-16(15)19/h3-10,17,21H,11-13H2,1-2H3. The molecule has 22 heavy (non-hydrogen) atoms. The van der Waals surface area contributed by atoms with Crippen LogP contribution in [0.15, 0.2) is 48.5 Å². The zero-order chi connectivity index (χ0) is 15.9. The lowest BCUT2D eigenvalue weighted by atomic mass is 10.1. The third-order valence-electron chi connectivity index (χ3n) is 3.70. The van der Waals surface area contributed by atoms with Gasteiger partial charge in [-0.15, -0.1) is 0 Å². The Labute approximate surface area is 131 Å². The van der Waals surface area contributed by atoms with Gasteiger partial charge in [-0.2, -0.15) is 0 Å². The van der Waals surface area contributed by atoms with Gasteiger partial charge in [0, 0.05) is 18.7 Å². The Balaban J connectivity index is 1.90. The van der Waals surface area contributed by atoms with E-state index in [1.54, 1.807) is 25.3 Å². The van der Waals surface area contributed by atoms with Crippen molar-refractivity contribution < 1.29 is 14.2 Å². The second-order valence-corrected chi connectivity index (χ2v) is 5.36. The van der Waals surface area contributed by atoms with Crippen molar-refractivity contribution in [3.8, 4) is 5.75 Å². The molecule has 0 saturated heterocycles. The number of aliphatic hydroxyl groups excluding tert-OH is 1. The summed E-state index contributed by atoms with van der Waals surface area (Å²) in [5.74, 6) is 0.499. The highest BCUT2D eigenvalue weighted by Crippen LogP contribution is 2.20. The molecule has 0 aliphatic heterocycles. The normalized spacial score (nSPS) is 12.4. The summed E-state index contributed by atoms with van der Waals surface area (Å²) < 4.78 is 19.0. The van der Waals surface area contributed by atoms with Crippen molar-refractivity contribution in [2.24, 2.45) is 0 Å². The smallest absolute Gasteiger partial charge is 0.129 e. The number of aliphatic hydroxyl groups is 1. The third kappa shape index (κ3) is 4.29. The molecule has 2 aromatic carbocycles. The average Bonchev–Trinajstić information content (AvgIpc) is 2.53. The minimum atomic E-state index is -0.830. The van der Waals surface area contributed by atoms with Crippen LogP contribution in [0.2, 0.25) is 0 Å². The van der Waals surface area contributed by atoms with Gasteiger partial charge in [-0.05, 0) is 31.2 Å². The van der Waals surface area contributed by atoms with Gasteiger partial charge in [0.25, 0.3) is 0 Å². The van der Waals surface area contributed by atoms with E-state index in [1.165, 1.54) is 6.07 Å². The molecule has 1 N–H and O–H groups in total. The molecule has 0 aliphatic carbocycles. The summed E-state index contributed by atoms with van der Waals surface area (Å²) in [6.45, 7) is 1.14. The number of ether oxygens (including phenoxy) is 1. The topological polar surface area (TPSA) is 32.7 Å². The summed E-state index contributed by atoms with van der Waals surface area (Å²) in [6, 6.07) is 14.2. The van der Waals surface area contributed by atoms with Gasteiger partial charge in [0.2, 0.25) is 0 Å². The highest BCUT2D eigenvalue weighted by molar-refractivity contribution is 5.33. The Bertz CT molecular complexity index is 603. The van der Waals surface area contributed by atoms with Crippen molar-refractivity contribution >= 4 is 0 Å². The van der Waals surface area contributed by atoms with Crippen LogP contribution in [0.4, 0.5) is 4.39 Å². The van der Waals surface area contributed by atoms with Crippen LogP contribution < -0.4 is 4.74 Å². The van der Waals surface area contributed by atoms with Gasteiger partial charge in [0.05, 0.1) is 13.2 Å². The largest absolute Gasteiger partial charge is 0.496 e. The molecule has 0 amide bonds. The van der Waals surface area contributed by atoms with Crippen molar-refractivity contribution in [2.75, 3.05) is 27.2 Å². The summed E-state index contributed by atoms with van der Waals surface area (Å²) in [4.78, 5) is 1.99. The van der Waals surface area contributed by atoms with E-state index in [9.17, 15) is 9.50 Å². The summed E-state index contributed by atoms with van der Waals surface area (Å²) in [5.41, 5.74) is 1.46. The Hall–Kier alpha value is -1.91. The van der Waals surface area contributed by atoms with Crippen LogP contribution in [0.5, 0.6) is 5.75 Å². The first-order valence-corrected chi connectivity index (χ1v) is 7.34. The lowest BCUT2D eigenvalue weighted by Crippen LogP contribution is -2.27. The molecule has 1 atom stereocenters. The summed E-state index contributed by atoms with van der Waals surface area (Å²) in [7, 11) is 3.57. The fourth-order valence-electron chi connectivity index (χ4n) is 2.45. The van der Waals surface area contributed by atoms with Gasteiger partial charge in [-0.25, -0.2) is 4.39 Å². The first kappa shape index (κ1) is 16.5. The molecule has 4 heteroatoms. The number of para-hydroxylation sites is 1. The molecule has 1 unspecified atom stereocenters. The molecule has 0 heterocycles. The van der Waals surface area contributed by atoms with Crippen molar-refractivity contribution in [3.05, 3.63) is 65.5 Å². The summed E-state index contributed by atoms with van der Waals surface area (Å²) in [5, 5.41) is 10.2. The number of benzene rings is 2. The number of rotatable bonds is 7. The minimum Gasteiger partial charge on any atom is -0.496 e. The molecule has 118 valence electrons. The molecule has 0 aromatic heterocycles. The van der Waals surface area contributed by atoms with Crippen molar-refractivity contribution in [2.45, 2.75) is 12.5 Å². The maximum absolute atomic E-state index is 13.6. The van der Waals surface area contributed by atoms with Crippen molar-refractivity contribution in [3.63, 3.8) is 0 Å². The number of hydrogen-bond acceptors (Lipinski definition) is 3. The number of nitrogens with zero attached hydrogens (tertiary/aromatic N) is 1. The minimum absolute atomic E-state index is 0.339. The fourth-order valence-corrected chi connectivity index (χ4v) is 2.45. The average molecular weight is 303 g/mol. The van der Waals surface area contributed by atoms with Gasteiger partial charge in [-0.1, -0.05) is 36.4 Å². The lowest BCUT2D eigenvalue weighted by molar-refractivity contribution is 0.124. The summed E-state index contributed by atoms with van der Waals surface area (Å²) in [6.07, 6.45) is -0.0197. The molecule has 0 spiro atoms. The summed E-state index contributed by atoms with van der Waals surface area (Å²) >= 11 is 0. The van der Waals surface area contributed by atoms with E-state index in [0.717, 1.165) is 24.3 Å². The maximum atomic E-state index is 13.6. The quantitative estimate of drug-likeness (QED) is 0.853. The van der Waals surface area contributed by atoms with Crippen LogP contribution in [0.3, 0.4) is 0 Å². The Morgan fingerprint density at radius 3 is 2.55 bits per heavy atom. The van der Waals surface area contributed by atoms with Crippen LogP contribution >= 0.6 is 0 Å². The fraction of sp³-hybridized carbons (Fsp3) is 0.333. The zero-order valence-corrected chi connectivity index (χ0v) is 13.0. The molecular weight excluding hydrogens is 281 g/mol. The predicted octanol–water partition coefficient (Wildman–Crippen LogP) is 3.04. The van der Waals surface area contributed by atoms with Crippen LogP contribution in [0, 0.1) is 5.82 Å². The van der Waals surface area contributed by atoms with Crippen LogP contribution in [0.1, 0.15) is 17.2 Å². The molecule has 0 radical (unpaired) electrons. The zero-order valence-electron chi connectivity index (χ0n) is 13.0. The van der Waals surface area contributed by atoms with Crippen molar-refractivity contribution in [1.29, 1.82) is 0 Å². The van der Waals surface area contributed by atoms with E-state index >= 15 is 0 Å². The third-order valence-corrected chi connectivity index (χ3v) is 3.70.